The molecule has 0 amide bonds. The summed E-state index contributed by atoms with van der Waals surface area (Å²) in [4.78, 5) is 23.3. The average Bonchev–Trinajstić information content (AvgIpc) is 3.25. The van der Waals surface area contributed by atoms with Crippen LogP contribution in [0.2, 0.25) is 0 Å². The number of aromatic carboxylic acids is 1. The number of aryl methyl sites for hydroxylation is 1. The molecular weight excluding hydrogens is 275 g/mol. The van der Waals surface area contributed by atoms with E-state index in [-0.39, 0.29) is 17.0 Å². The molecule has 110 valence electrons. The zero-order valence-electron chi connectivity index (χ0n) is 11.5. The highest BCUT2D eigenvalue weighted by Crippen LogP contribution is 2.28. The number of nitrogens with one attached hydrogen (secondary N) is 1. The lowest BCUT2D eigenvalue weighted by molar-refractivity contribution is 0.0695. The Balaban J connectivity index is 2.27. The maximum absolute atomic E-state index is 14.1. The maximum Gasteiger partial charge on any atom is 0.341 e. The predicted molar refractivity (Wildman–Crippen MR) is 77.4 cm³/mol. The van der Waals surface area contributed by atoms with Crippen LogP contribution >= 0.6 is 0 Å². The monoisotopic (exact) mass is 290 g/mol. The Morgan fingerprint density at radius 3 is 2.76 bits per heavy atom. The normalized spacial score (nSPS) is 14.4. The lowest BCUT2D eigenvalue weighted by Crippen LogP contribution is -2.19. The number of carboxylic acid groups (broad SMARTS) is 1. The molecule has 1 aromatic carbocycles. The van der Waals surface area contributed by atoms with Gasteiger partial charge in [-0.2, -0.15) is 0 Å². The molecule has 2 N–H and O–H groups in total. The van der Waals surface area contributed by atoms with Crippen LogP contribution in [0.15, 0.2) is 23.1 Å². The minimum Gasteiger partial charge on any atom is -0.477 e. The van der Waals surface area contributed by atoms with Crippen molar-refractivity contribution in [3.63, 3.8) is 0 Å². The van der Waals surface area contributed by atoms with E-state index in [0.29, 0.717) is 17.7 Å². The number of hydrogen-bond acceptors (Lipinski definition) is 3. The van der Waals surface area contributed by atoms with Crippen molar-refractivity contribution in [3.8, 4) is 0 Å². The third kappa shape index (κ3) is 2.37. The Hall–Kier alpha value is -2.37. The molecule has 3 rings (SSSR count). The molecule has 0 spiro atoms. The van der Waals surface area contributed by atoms with E-state index in [0.717, 1.165) is 18.9 Å². The number of anilines is 1. The first kappa shape index (κ1) is 13.6. The van der Waals surface area contributed by atoms with Gasteiger partial charge in [-0.3, -0.25) is 4.79 Å². The number of fused-ring (bicyclic) bond motifs is 1. The third-order valence-corrected chi connectivity index (χ3v) is 3.68. The molecule has 1 aromatic heterocycles. The highest BCUT2D eigenvalue weighted by molar-refractivity contribution is 5.93. The van der Waals surface area contributed by atoms with Crippen LogP contribution in [-0.4, -0.2) is 21.7 Å². The number of pyridine rings is 1. The smallest absolute Gasteiger partial charge is 0.341 e. The predicted octanol–water partition coefficient (Wildman–Crippen LogP) is 2.43. The molecule has 2 aromatic rings. The Kier molecular flexibility index (Phi) is 3.16. The van der Waals surface area contributed by atoms with Gasteiger partial charge < -0.3 is 15.0 Å². The molecule has 0 atom stereocenters. The molecule has 6 heteroatoms. The van der Waals surface area contributed by atoms with Gasteiger partial charge in [0, 0.05) is 24.2 Å². The number of hydrogen-bond donors (Lipinski definition) is 2. The molecule has 0 saturated heterocycles. The lowest BCUT2D eigenvalue weighted by Gasteiger charge is -2.13. The Bertz CT molecular complexity index is 794. The van der Waals surface area contributed by atoms with E-state index >= 15 is 0 Å². The summed E-state index contributed by atoms with van der Waals surface area (Å²) in [6.07, 6.45) is 3.33. The number of carbonyl (C=O) groups is 1. The van der Waals surface area contributed by atoms with Gasteiger partial charge in [0.05, 0.1) is 11.2 Å². The molecule has 1 heterocycles. The average molecular weight is 290 g/mol. The van der Waals surface area contributed by atoms with E-state index in [2.05, 4.69) is 5.32 Å². The molecule has 1 aliphatic rings. The van der Waals surface area contributed by atoms with Gasteiger partial charge in [-0.15, -0.1) is 0 Å². The van der Waals surface area contributed by atoms with Crippen LogP contribution in [0, 0.1) is 5.82 Å². The molecule has 0 radical (unpaired) electrons. The first-order valence-electron chi connectivity index (χ1n) is 6.87. The second-order valence-electron chi connectivity index (χ2n) is 5.23. The molecule has 21 heavy (non-hydrogen) atoms. The summed E-state index contributed by atoms with van der Waals surface area (Å²) in [6.45, 7) is 2.33. The van der Waals surface area contributed by atoms with E-state index in [1.807, 2.05) is 6.92 Å². The number of halogens is 1. The van der Waals surface area contributed by atoms with Gasteiger partial charge in [0.1, 0.15) is 11.4 Å². The summed E-state index contributed by atoms with van der Waals surface area (Å²) >= 11 is 0. The summed E-state index contributed by atoms with van der Waals surface area (Å²) in [5.41, 5.74) is -0.0996. The second-order valence-corrected chi connectivity index (χ2v) is 5.23. The summed E-state index contributed by atoms with van der Waals surface area (Å²) in [5, 5.41) is 12.2. The molecule has 1 saturated carbocycles. The van der Waals surface area contributed by atoms with Gasteiger partial charge in [-0.25, -0.2) is 9.18 Å². The van der Waals surface area contributed by atoms with Crippen LogP contribution in [0.4, 0.5) is 10.1 Å². The highest BCUT2D eigenvalue weighted by atomic mass is 19.1. The van der Waals surface area contributed by atoms with Crippen molar-refractivity contribution in [1.29, 1.82) is 0 Å². The van der Waals surface area contributed by atoms with Crippen LogP contribution in [0.3, 0.4) is 0 Å². The van der Waals surface area contributed by atoms with Crippen LogP contribution < -0.4 is 10.7 Å². The Morgan fingerprint density at radius 1 is 1.48 bits per heavy atom. The minimum atomic E-state index is -1.30. The fourth-order valence-electron chi connectivity index (χ4n) is 2.38. The molecule has 0 unspecified atom stereocenters. The first-order chi connectivity index (χ1) is 10.0. The van der Waals surface area contributed by atoms with Gasteiger partial charge in [0.25, 0.3) is 0 Å². The summed E-state index contributed by atoms with van der Waals surface area (Å²) in [7, 11) is 0. The van der Waals surface area contributed by atoms with Gasteiger partial charge in [0.2, 0.25) is 5.43 Å². The van der Waals surface area contributed by atoms with Gasteiger partial charge in [-0.05, 0) is 31.9 Å². The molecule has 0 bridgehead atoms. The Labute approximate surface area is 120 Å². The topological polar surface area (TPSA) is 71.3 Å². The molecule has 1 aliphatic carbocycles. The maximum atomic E-state index is 14.1. The summed E-state index contributed by atoms with van der Waals surface area (Å²) in [5.74, 6) is -1.83. The number of carboxylic acids is 1. The zero-order chi connectivity index (χ0) is 15.1. The van der Waals surface area contributed by atoms with Crippen molar-refractivity contribution < 1.29 is 14.3 Å². The summed E-state index contributed by atoms with van der Waals surface area (Å²) < 4.78 is 15.7. The number of nitrogens with zero attached hydrogens (tertiary/aromatic N) is 1. The van der Waals surface area contributed by atoms with E-state index in [1.54, 1.807) is 10.6 Å². The van der Waals surface area contributed by atoms with Crippen molar-refractivity contribution in [2.24, 2.45) is 0 Å². The van der Waals surface area contributed by atoms with Crippen LogP contribution in [0.5, 0.6) is 0 Å². The highest BCUT2D eigenvalue weighted by Gasteiger charge is 2.23. The second kappa shape index (κ2) is 4.87. The fourth-order valence-corrected chi connectivity index (χ4v) is 2.38. The quantitative estimate of drug-likeness (QED) is 0.907. The number of benzene rings is 1. The largest absolute Gasteiger partial charge is 0.477 e. The van der Waals surface area contributed by atoms with Crippen LogP contribution in [-0.2, 0) is 6.54 Å². The van der Waals surface area contributed by atoms with Crippen LogP contribution in [0.1, 0.15) is 30.1 Å². The van der Waals surface area contributed by atoms with Crippen molar-refractivity contribution >= 4 is 22.6 Å². The van der Waals surface area contributed by atoms with Gasteiger partial charge >= 0.3 is 5.97 Å². The SMILES string of the molecule is CCn1cc(C(=O)O)c(=O)c2cc(F)c(NC3CC3)cc21. The van der Waals surface area contributed by atoms with Gasteiger partial charge in [0.15, 0.2) is 0 Å². The minimum absolute atomic E-state index is 0.0931. The van der Waals surface area contributed by atoms with Crippen molar-refractivity contribution in [1.82, 2.24) is 4.57 Å². The standard InChI is InChI=1S/C15H15FN2O3/c1-2-18-7-10(15(20)21)14(19)9-5-11(16)12(6-13(9)18)17-8-3-4-8/h5-8,17H,2-4H2,1H3,(H,20,21). The van der Waals surface area contributed by atoms with Crippen molar-refractivity contribution in [2.45, 2.75) is 32.4 Å². The van der Waals surface area contributed by atoms with E-state index in [4.69, 9.17) is 5.11 Å². The van der Waals surface area contributed by atoms with E-state index < -0.39 is 17.2 Å². The molecule has 0 aliphatic heterocycles. The van der Waals surface area contributed by atoms with Crippen LogP contribution in [0.25, 0.3) is 10.9 Å². The summed E-state index contributed by atoms with van der Waals surface area (Å²) in [6, 6.07) is 3.00. The Morgan fingerprint density at radius 2 is 2.19 bits per heavy atom. The fraction of sp³-hybridized carbons (Fsp3) is 0.333. The first-order valence-corrected chi connectivity index (χ1v) is 6.87. The number of rotatable bonds is 4. The van der Waals surface area contributed by atoms with E-state index in [1.165, 1.54) is 6.20 Å². The lowest BCUT2D eigenvalue weighted by atomic mass is 10.1. The van der Waals surface area contributed by atoms with Gasteiger partial charge in [-0.1, -0.05) is 0 Å². The molecular formula is C15H15FN2O3. The zero-order valence-corrected chi connectivity index (χ0v) is 11.5. The third-order valence-electron chi connectivity index (χ3n) is 3.68. The molecule has 1 fully saturated rings. The number of aromatic nitrogens is 1. The van der Waals surface area contributed by atoms with Crippen molar-refractivity contribution in [2.75, 3.05) is 5.32 Å². The molecule has 5 nitrogen and oxygen atoms in total. The van der Waals surface area contributed by atoms with Crippen molar-refractivity contribution in [3.05, 3.63) is 39.9 Å². The van der Waals surface area contributed by atoms with E-state index in [9.17, 15) is 14.0 Å².